The summed E-state index contributed by atoms with van der Waals surface area (Å²) in [4.78, 5) is 11.2. The van der Waals surface area contributed by atoms with E-state index in [9.17, 15) is 4.79 Å². The van der Waals surface area contributed by atoms with Gasteiger partial charge in [-0.2, -0.15) is 0 Å². The molecule has 0 bridgehead atoms. The molecule has 0 heterocycles. The van der Waals surface area contributed by atoms with Crippen molar-refractivity contribution in [1.82, 2.24) is 0 Å². The van der Waals surface area contributed by atoms with Crippen LogP contribution in [0.1, 0.15) is 53.4 Å². The van der Waals surface area contributed by atoms with E-state index in [4.69, 9.17) is 0 Å². The lowest BCUT2D eigenvalue weighted by Crippen LogP contribution is -2.12. The van der Waals surface area contributed by atoms with Gasteiger partial charge >= 0.3 is 0 Å². The zero-order valence-electron chi connectivity index (χ0n) is 8.24. The molecule has 0 fully saturated rings. The minimum absolute atomic E-state index is 0.171. The average molecular weight is 156 g/mol. The van der Waals surface area contributed by atoms with E-state index in [0.29, 0.717) is 5.78 Å². The van der Waals surface area contributed by atoms with E-state index in [1.807, 2.05) is 0 Å². The van der Waals surface area contributed by atoms with Gasteiger partial charge in [-0.3, -0.25) is 4.79 Å². The Hall–Kier alpha value is -0.330. The van der Waals surface area contributed by atoms with Crippen LogP contribution < -0.4 is 0 Å². The van der Waals surface area contributed by atoms with Gasteiger partial charge in [0.25, 0.3) is 0 Å². The molecule has 0 saturated heterocycles. The lowest BCUT2D eigenvalue weighted by Gasteiger charge is -2.16. The summed E-state index contributed by atoms with van der Waals surface area (Å²) in [7, 11) is 0. The summed E-state index contributed by atoms with van der Waals surface area (Å²) in [6.45, 7) is 8.44. The van der Waals surface area contributed by atoms with Crippen molar-refractivity contribution >= 4 is 5.78 Å². The van der Waals surface area contributed by atoms with Crippen LogP contribution in [0.4, 0.5) is 0 Å². The van der Waals surface area contributed by atoms with Gasteiger partial charge in [0.2, 0.25) is 0 Å². The molecule has 0 aromatic rings. The molecule has 0 aliphatic rings. The van der Waals surface area contributed by atoms with Crippen molar-refractivity contribution in [2.24, 2.45) is 5.41 Å². The maximum Gasteiger partial charge on any atom is 0.133 e. The maximum absolute atomic E-state index is 11.2. The van der Waals surface area contributed by atoms with Crippen molar-refractivity contribution in [3.05, 3.63) is 0 Å². The summed E-state index contributed by atoms with van der Waals surface area (Å²) in [5.41, 5.74) is 0.171. The van der Waals surface area contributed by atoms with Gasteiger partial charge in [-0.15, -0.1) is 0 Å². The Bertz CT molecular complexity index is 119. The summed E-state index contributed by atoms with van der Waals surface area (Å²) >= 11 is 0. The SMILES string of the molecule is CCCCC(=O)CC(C)(C)C. The largest absolute Gasteiger partial charge is 0.300 e. The molecule has 0 aromatic heterocycles. The Kier molecular flexibility index (Phi) is 4.39. The molecule has 0 saturated carbocycles. The van der Waals surface area contributed by atoms with Crippen LogP contribution in [0.15, 0.2) is 0 Å². The molecule has 0 aromatic carbocycles. The van der Waals surface area contributed by atoms with E-state index >= 15 is 0 Å². The van der Waals surface area contributed by atoms with Gasteiger partial charge < -0.3 is 0 Å². The molecule has 66 valence electrons. The van der Waals surface area contributed by atoms with E-state index < -0.39 is 0 Å². The fourth-order valence-electron chi connectivity index (χ4n) is 1.05. The molecule has 11 heavy (non-hydrogen) atoms. The molecule has 0 spiro atoms. The maximum atomic E-state index is 11.2. The first-order chi connectivity index (χ1) is 4.95. The normalized spacial score (nSPS) is 11.6. The van der Waals surface area contributed by atoms with Gasteiger partial charge in [0.05, 0.1) is 0 Å². The highest BCUT2D eigenvalue weighted by Gasteiger charge is 2.14. The molecule has 1 nitrogen and oxygen atoms in total. The summed E-state index contributed by atoms with van der Waals surface area (Å²) in [6.07, 6.45) is 3.67. The first-order valence-corrected chi connectivity index (χ1v) is 4.47. The third kappa shape index (κ3) is 7.57. The zero-order chi connectivity index (χ0) is 8.91. The Balaban J connectivity index is 3.53. The predicted octanol–water partition coefficient (Wildman–Crippen LogP) is 3.18. The molecule has 1 heteroatoms. The van der Waals surface area contributed by atoms with Gasteiger partial charge in [-0.1, -0.05) is 34.1 Å². The van der Waals surface area contributed by atoms with Crippen LogP contribution in [0.2, 0.25) is 0 Å². The van der Waals surface area contributed by atoms with Crippen LogP contribution in [-0.4, -0.2) is 5.78 Å². The van der Waals surface area contributed by atoms with Crippen molar-refractivity contribution < 1.29 is 4.79 Å². The van der Waals surface area contributed by atoms with Crippen molar-refractivity contribution in [1.29, 1.82) is 0 Å². The fraction of sp³-hybridized carbons (Fsp3) is 0.900. The van der Waals surface area contributed by atoms with E-state index in [2.05, 4.69) is 27.7 Å². The molecule has 0 amide bonds. The zero-order valence-corrected chi connectivity index (χ0v) is 8.24. The van der Waals surface area contributed by atoms with Crippen LogP contribution in [0.3, 0.4) is 0 Å². The number of ketones is 1. The summed E-state index contributed by atoms with van der Waals surface area (Å²) < 4.78 is 0. The van der Waals surface area contributed by atoms with Crippen molar-refractivity contribution in [3.63, 3.8) is 0 Å². The Morgan fingerprint density at radius 3 is 2.18 bits per heavy atom. The van der Waals surface area contributed by atoms with E-state index in [1.54, 1.807) is 0 Å². The quantitative estimate of drug-likeness (QED) is 0.611. The van der Waals surface area contributed by atoms with E-state index in [1.165, 1.54) is 0 Å². The number of hydrogen-bond donors (Lipinski definition) is 0. The molecule has 0 rings (SSSR count). The topological polar surface area (TPSA) is 17.1 Å². The first kappa shape index (κ1) is 10.7. The number of carbonyl (C=O) groups excluding carboxylic acids is 1. The van der Waals surface area contributed by atoms with E-state index in [-0.39, 0.29) is 5.41 Å². The second-order valence-electron chi connectivity index (χ2n) is 4.38. The van der Waals surface area contributed by atoms with Crippen LogP contribution in [0.25, 0.3) is 0 Å². The number of Topliss-reactive ketones (excluding diaryl/α,β-unsaturated/α-hetero) is 1. The van der Waals surface area contributed by atoms with Crippen molar-refractivity contribution in [3.8, 4) is 0 Å². The summed E-state index contributed by atoms with van der Waals surface area (Å²) in [5, 5.41) is 0. The fourth-order valence-corrected chi connectivity index (χ4v) is 1.05. The highest BCUT2D eigenvalue weighted by atomic mass is 16.1. The lowest BCUT2D eigenvalue weighted by atomic mass is 9.89. The van der Waals surface area contributed by atoms with Crippen LogP contribution in [-0.2, 0) is 4.79 Å². The van der Waals surface area contributed by atoms with Crippen LogP contribution in [0, 0.1) is 5.41 Å². The number of hydrogen-bond acceptors (Lipinski definition) is 1. The minimum Gasteiger partial charge on any atom is -0.300 e. The molecule has 0 N–H and O–H groups in total. The highest BCUT2D eigenvalue weighted by Crippen LogP contribution is 2.20. The van der Waals surface area contributed by atoms with Crippen LogP contribution >= 0.6 is 0 Å². The highest BCUT2D eigenvalue weighted by molar-refractivity contribution is 5.78. The number of rotatable bonds is 4. The Morgan fingerprint density at radius 1 is 1.27 bits per heavy atom. The molecular formula is C10H20O. The van der Waals surface area contributed by atoms with Gasteiger partial charge in [0, 0.05) is 12.8 Å². The van der Waals surface area contributed by atoms with Gasteiger partial charge in [-0.05, 0) is 11.8 Å². The molecular weight excluding hydrogens is 136 g/mol. The monoisotopic (exact) mass is 156 g/mol. The minimum atomic E-state index is 0.171. The van der Waals surface area contributed by atoms with Crippen molar-refractivity contribution in [2.75, 3.05) is 0 Å². The second kappa shape index (κ2) is 4.53. The Morgan fingerprint density at radius 2 is 1.82 bits per heavy atom. The van der Waals surface area contributed by atoms with Crippen molar-refractivity contribution in [2.45, 2.75) is 53.4 Å². The Labute approximate surface area is 70.2 Å². The van der Waals surface area contributed by atoms with Gasteiger partial charge in [0.1, 0.15) is 5.78 Å². The van der Waals surface area contributed by atoms with Crippen LogP contribution in [0.5, 0.6) is 0 Å². The van der Waals surface area contributed by atoms with Gasteiger partial charge in [0.15, 0.2) is 0 Å². The van der Waals surface area contributed by atoms with E-state index in [0.717, 1.165) is 25.7 Å². The standard InChI is InChI=1S/C10H20O/c1-5-6-7-9(11)8-10(2,3)4/h5-8H2,1-4H3. The predicted molar refractivity (Wildman–Crippen MR) is 48.6 cm³/mol. The lowest BCUT2D eigenvalue weighted by molar-refractivity contribution is -0.120. The van der Waals surface area contributed by atoms with Gasteiger partial charge in [-0.25, -0.2) is 0 Å². The number of carbonyl (C=O) groups is 1. The molecule has 0 atom stereocenters. The first-order valence-electron chi connectivity index (χ1n) is 4.47. The second-order valence-corrected chi connectivity index (χ2v) is 4.38. The summed E-state index contributed by atoms with van der Waals surface area (Å²) in [5.74, 6) is 0.416. The molecule has 0 aliphatic carbocycles. The summed E-state index contributed by atoms with van der Waals surface area (Å²) in [6, 6.07) is 0. The third-order valence-electron chi connectivity index (χ3n) is 1.54. The number of unbranched alkanes of at least 4 members (excludes halogenated alkanes) is 1. The molecule has 0 radical (unpaired) electrons. The molecule has 0 aliphatic heterocycles. The smallest absolute Gasteiger partial charge is 0.133 e. The third-order valence-corrected chi connectivity index (χ3v) is 1.54. The average Bonchev–Trinajstić information content (AvgIpc) is 1.79. The molecule has 0 unspecified atom stereocenters.